The summed E-state index contributed by atoms with van der Waals surface area (Å²) >= 11 is 5.98. The topological polar surface area (TPSA) is 99.4 Å². The van der Waals surface area contributed by atoms with Crippen molar-refractivity contribution < 1.29 is 31.9 Å². The summed E-state index contributed by atoms with van der Waals surface area (Å²) in [5, 5.41) is 13.2. The van der Waals surface area contributed by atoms with E-state index < -0.39 is 18.6 Å². The maximum atomic E-state index is 12.6. The Labute approximate surface area is 196 Å². The number of aromatic nitrogens is 3. The van der Waals surface area contributed by atoms with Crippen LogP contribution in [0, 0.1) is 0 Å². The molecule has 34 heavy (non-hydrogen) atoms. The van der Waals surface area contributed by atoms with Gasteiger partial charge in [0.2, 0.25) is 11.8 Å². The summed E-state index contributed by atoms with van der Waals surface area (Å²) in [5.41, 5.74) is 0.298. The Bertz CT molecular complexity index is 1190. The zero-order chi connectivity index (χ0) is 23.9. The van der Waals surface area contributed by atoms with Gasteiger partial charge in [-0.2, -0.15) is 0 Å². The number of halogens is 4. The Balaban J connectivity index is 1.12. The molecule has 2 fully saturated rings. The van der Waals surface area contributed by atoms with E-state index >= 15 is 0 Å². The molecule has 3 aromatic rings. The van der Waals surface area contributed by atoms with Crippen LogP contribution in [0.1, 0.15) is 60.0 Å². The maximum Gasteiger partial charge on any atom is 0.522 e. The molecule has 1 aromatic carbocycles. The van der Waals surface area contributed by atoms with Crippen LogP contribution in [0.4, 0.5) is 13.2 Å². The second-order valence-corrected chi connectivity index (χ2v) is 8.90. The third kappa shape index (κ3) is 5.16. The lowest BCUT2D eigenvalue weighted by molar-refractivity contribution is -0.352. The minimum Gasteiger partial charge on any atom is -0.422 e. The molecule has 1 saturated heterocycles. The zero-order valence-corrected chi connectivity index (χ0v) is 18.5. The van der Waals surface area contributed by atoms with Crippen molar-refractivity contribution in [3.63, 3.8) is 0 Å². The molecule has 5 rings (SSSR count). The Morgan fingerprint density at radius 2 is 1.91 bits per heavy atom. The molecular formula is C22H20ClF3N4O4. The second kappa shape index (κ2) is 9.12. The number of hydrogen-bond acceptors (Lipinski definition) is 7. The van der Waals surface area contributed by atoms with E-state index in [0.717, 1.165) is 10.8 Å². The van der Waals surface area contributed by atoms with Gasteiger partial charge in [-0.15, -0.1) is 23.4 Å². The molecule has 1 saturated carbocycles. The largest absolute Gasteiger partial charge is 0.522 e. The first-order valence-corrected chi connectivity index (χ1v) is 11.2. The van der Waals surface area contributed by atoms with Crippen molar-refractivity contribution in [3.05, 3.63) is 53.0 Å². The number of pyridine rings is 1. The van der Waals surface area contributed by atoms with Gasteiger partial charge in [0.05, 0.1) is 18.8 Å². The quantitative estimate of drug-likeness (QED) is 0.546. The second-order valence-electron chi connectivity index (χ2n) is 8.46. The van der Waals surface area contributed by atoms with Gasteiger partial charge in [-0.25, -0.2) is 0 Å². The summed E-state index contributed by atoms with van der Waals surface area (Å²) < 4.78 is 52.2. The van der Waals surface area contributed by atoms with Crippen molar-refractivity contribution in [3.8, 4) is 0 Å². The van der Waals surface area contributed by atoms with Gasteiger partial charge in [0, 0.05) is 22.5 Å². The number of amides is 1. The van der Waals surface area contributed by atoms with Gasteiger partial charge < -0.3 is 14.5 Å². The third-order valence-corrected chi connectivity index (χ3v) is 6.24. The van der Waals surface area contributed by atoms with Gasteiger partial charge in [0.25, 0.3) is 5.91 Å². The first-order chi connectivity index (χ1) is 16.2. The average molecular weight is 497 g/mol. The number of hydrogen-bond donors (Lipinski definition) is 1. The summed E-state index contributed by atoms with van der Waals surface area (Å²) in [5.74, 6) is 0.0221. The van der Waals surface area contributed by atoms with Gasteiger partial charge in [0.15, 0.2) is 0 Å². The fourth-order valence-electron chi connectivity index (χ4n) is 4.15. The summed E-state index contributed by atoms with van der Waals surface area (Å²) in [7, 11) is 0. The minimum absolute atomic E-state index is 0.177. The maximum absolute atomic E-state index is 12.6. The lowest BCUT2D eigenvalue weighted by Crippen LogP contribution is -2.41. The van der Waals surface area contributed by atoms with Crippen LogP contribution in [0.2, 0.25) is 5.02 Å². The van der Waals surface area contributed by atoms with Crippen LogP contribution < -0.4 is 5.32 Å². The highest BCUT2D eigenvalue weighted by molar-refractivity contribution is 6.31. The molecule has 0 spiro atoms. The van der Waals surface area contributed by atoms with E-state index in [4.69, 9.17) is 20.8 Å². The van der Waals surface area contributed by atoms with E-state index in [1.165, 1.54) is 0 Å². The smallest absolute Gasteiger partial charge is 0.422 e. The molecule has 2 atom stereocenters. The predicted octanol–water partition coefficient (Wildman–Crippen LogP) is 4.70. The van der Waals surface area contributed by atoms with Crippen molar-refractivity contribution in [2.45, 2.75) is 56.2 Å². The molecule has 0 unspecified atom stereocenters. The van der Waals surface area contributed by atoms with E-state index in [-0.39, 0.29) is 43.2 Å². The molecule has 180 valence electrons. The Kier molecular flexibility index (Phi) is 6.17. The van der Waals surface area contributed by atoms with Crippen LogP contribution in [0.25, 0.3) is 10.8 Å². The summed E-state index contributed by atoms with van der Waals surface area (Å²) in [6.07, 6.45) is -2.83. The number of fused-ring (bicyclic) bond motifs is 1. The van der Waals surface area contributed by atoms with Crippen LogP contribution >= 0.6 is 11.6 Å². The standard InChI is InChI=1S/C22H20ClF3N4O4/c23-14-2-1-11-8-17(27-9-13(11)5-14)19(31)28-15-3-4-18(32-10-15)21-30-29-20(33-21)12-6-16(7-12)34-22(24,25)26/h1-2,5,8-9,12,15-16,18H,3-4,6-7,10H2,(H,28,31)/t12?,15-,16?,18+/m0/s1. The number of ether oxygens (including phenoxy) is 2. The molecule has 0 radical (unpaired) electrons. The molecule has 0 bridgehead atoms. The Morgan fingerprint density at radius 1 is 1.12 bits per heavy atom. The lowest BCUT2D eigenvalue weighted by atomic mass is 9.82. The highest BCUT2D eigenvalue weighted by Gasteiger charge is 2.42. The van der Waals surface area contributed by atoms with Crippen LogP contribution in [0.15, 0.2) is 34.9 Å². The number of rotatable bonds is 5. The molecule has 1 aliphatic heterocycles. The molecule has 2 aliphatic rings. The van der Waals surface area contributed by atoms with Gasteiger partial charge in [-0.1, -0.05) is 17.7 Å². The number of benzene rings is 1. The Hall–Kier alpha value is -2.76. The molecular weight excluding hydrogens is 477 g/mol. The number of carbonyl (C=O) groups is 1. The minimum atomic E-state index is -4.64. The van der Waals surface area contributed by atoms with Gasteiger partial charge >= 0.3 is 6.36 Å². The van der Waals surface area contributed by atoms with E-state index in [0.29, 0.717) is 29.4 Å². The number of nitrogens with one attached hydrogen (secondary N) is 1. The van der Waals surface area contributed by atoms with Crippen molar-refractivity contribution in [1.82, 2.24) is 20.5 Å². The van der Waals surface area contributed by atoms with E-state index in [9.17, 15) is 18.0 Å². The summed E-state index contributed by atoms with van der Waals surface area (Å²) in [6, 6.07) is 6.86. The van der Waals surface area contributed by atoms with Gasteiger partial charge in [0.1, 0.15) is 11.8 Å². The number of nitrogens with zero attached hydrogens (tertiary/aromatic N) is 3. The highest BCUT2D eigenvalue weighted by atomic mass is 35.5. The molecule has 3 heterocycles. The zero-order valence-electron chi connectivity index (χ0n) is 17.7. The van der Waals surface area contributed by atoms with Crippen LogP contribution in [0.3, 0.4) is 0 Å². The molecule has 12 heteroatoms. The fourth-order valence-corrected chi connectivity index (χ4v) is 4.33. The van der Waals surface area contributed by atoms with E-state index in [1.807, 2.05) is 6.07 Å². The van der Waals surface area contributed by atoms with Gasteiger partial charge in [-0.3, -0.25) is 14.5 Å². The van der Waals surface area contributed by atoms with E-state index in [1.54, 1.807) is 24.4 Å². The molecule has 8 nitrogen and oxygen atoms in total. The average Bonchev–Trinajstić information content (AvgIpc) is 3.25. The monoisotopic (exact) mass is 496 g/mol. The van der Waals surface area contributed by atoms with Crippen LogP contribution in [0.5, 0.6) is 0 Å². The number of alkyl halides is 3. The van der Waals surface area contributed by atoms with Crippen LogP contribution in [-0.4, -0.2) is 46.2 Å². The summed E-state index contributed by atoms with van der Waals surface area (Å²) in [6.45, 7) is 0.252. The Morgan fingerprint density at radius 3 is 2.65 bits per heavy atom. The van der Waals surface area contributed by atoms with Crippen molar-refractivity contribution >= 4 is 28.3 Å². The molecule has 1 aliphatic carbocycles. The van der Waals surface area contributed by atoms with E-state index in [2.05, 4.69) is 25.2 Å². The normalized spacial score (nSPS) is 25.2. The fraction of sp³-hybridized carbons (Fsp3) is 0.455. The predicted molar refractivity (Wildman–Crippen MR) is 113 cm³/mol. The van der Waals surface area contributed by atoms with Crippen molar-refractivity contribution in [2.24, 2.45) is 0 Å². The number of carbonyl (C=O) groups excluding carboxylic acids is 1. The first kappa shape index (κ1) is 23.0. The van der Waals surface area contributed by atoms with Crippen molar-refractivity contribution in [2.75, 3.05) is 6.61 Å². The molecule has 1 amide bonds. The first-order valence-electron chi connectivity index (χ1n) is 10.8. The van der Waals surface area contributed by atoms with Crippen molar-refractivity contribution in [1.29, 1.82) is 0 Å². The lowest BCUT2D eigenvalue weighted by Gasteiger charge is -2.33. The summed E-state index contributed by atoms with van der Waals surface area (Å²) in [4.78, 5) is 16.8. The molecule has 1 N–H and O–H groups in total. The van der Waals surface area contributed by atoms with Crippen LogP contribution in [-0.2, 0) is 9.47 Å². The van der Waals surface area contributed by atoms with Gasteiger partial charge in [-0.05, 0) is 49.3 Å². The molecule has 2 aromatic heterocycles. The third-order valence-electron chi connectivity index (χ3n) is 6.00. The SMILES string of the molecule is O=C(N[C@H]1CC[C@H](c2nnc(C3CC(OC(F)(F)F)C3)o2)OC1)c1cc2ccc(Cl)cc2cn1. The highest BCUT2D eigenvalue weighted by Crippen LogP contribution is 2.41.